The zero-order chi connectivity index (χ0) is 10.5. The van der Waals surface area contributed by atoms with E-state index in [1.165, 1.54) is 12.0 Å². The Morgan fingerprint density at radius 1 is 1.23 bits per heavy atom. The fourth-order valence-corrected chi connectivity index (χ4v) is 1.08. The van der Waals surface area contributed by atoms with Gasteiger partial charge in [0.2, 0.25) is 0 Å². The van der Waals surface area contributed by atoms with Crippen molar-refractivity contribution >= 4 is 5.71 Å². The quantitative estimate of drug-likeness (QED) is 0.584. The Morgan fingerprint density at radius 2 is 1.77 bits per heavy atom. The van der Waals surface area contributed by atoms with Crippen molar-refractivity contribution < 1.29 is 0 Å². The minimum absolute atomic E-state index is 0.310. The van der Waals surface area contributed by atoms with E-state index in [0.29, 0.717) is 5.41 Å². The van der Waals surface area contributed by atoms with Crippen LogP contribution in [0.1, 0.15) is 48.0 Å². The van der Waals surface area contributed by atoms with Gasteiger partial charge in [0.25, 0.3) is 0 Å². The average molecular weight is 181 g/mol. The molecule has 0 aliphatic carbocycles. The highest BCUT2D eigenvalue weighted by Crippen LogP contribution is 2.29. The fourth-order valence-electron chi connectivity index (χ4n) is 1.08. The third-order valence-corrected chi connectivity index (χ3v) is 2.78. The molecular formula is C12H23N. The van der Waals surface area contributed by atoms with E-state index in [0.717, 1.165) is 12.3 Å². The molecule has 0 amide bonds. The molecule has 0 bridgehead atoms. The Bertz CT molecular complexity index is 209. The van der Waals surface area contributed by atoms with Gasteiger partial charge < -0.3 is 0 Å². The molecule has 0 aliphatic heterocycles. The van der Waals surface area contributed by atoms with E-state index in [-0.39, 0.29) is 0 Å². The molecule has 13 heavy (non-hydrogen) atoms. The molecule has 0 saturated carbocycles. The molecule has 0 fully saturated rings. The van der Waals surface area contributed by atoms with Crippen LogP contribution in [-0.4, -0.2) is 12.3 Å². The van der Waals surface area contributed by atoms with Gasteiger partial charge in [0.05, 0.1) is 0 Å². The minimum atomic E-state index is 0.310. The second-order valence-corrected chi connectivity index (χ2v) is 4.18. The molecule has 0 aromatic rings. The van der Waals surface area contributed by atoms with Crippen molar-refractivity contribution in [3.63, 3.8) is 0 Å². The predicted molar refractivity (Wildman–Crippen MR) is 61.5 cm³/mol. The first kappa shape index (κ1) is 12.4. The first-order chi connectivity index (χ1) is 5.94. The molecule has 0 unspecified atom stereocenters. The smallest absolute Gasteiger partial charge is 0.0364 e. The van der Waals surface area contributed by atoms with Gasteiger partial charge >= 0.3 is 0 Å². The zero-order valence-electron chi connectivity index (χ0n) is 9.94. The highest BCUT2D eigenvalue weighted by molar-refractivity contribution is 5.93. The summed E-state index contributed by atoms with van der Waals surface area (Å²) in [5, 5.41) is 0. The van der Waals surface area contributed by atoms with Crippen LogP contribution in [0.3, 0.4) is 0 Å². The Morgan fingerprint density at radius 3 is 2.15 bits per heavy atom. The Balaban J connectivity index is 4.58. The number of nitrogens with zero attached hydrogens (tertiary/aromatic N) is 1. The summed E-state index contributed by atoms with van der Waals surface area (Å²) >= 11 is 0. The number of rotatable bonds is 4. The van der Waals surface area contributed by atoms with E-state index >= 15 is 0 Å². The second-order valence-electron chi connectivity index (χ2n) is 4.18. The number of aliphatic imine (C=N–C) groups is 1. The maximum absolute atomic E-state index is 4.35. The summed E-state index contributed by atoms with van der Waals surface area (Å²) in [5.74, 6) is 0. The van der Waals surface area contributed by atoms with Crippen LogP contribution in [0.25, 0.3) is 0 Å². The molecule has 0 aliphatic rings. The summed E-state index contributed by atoms with van der Waals surface area (Å²) in [5.41, 5.74) is 2.87. The summed E-state index contributed by atoms with van der Waals surface area (Å²) in [6, 6.07) is 0. The van der Waals surface area contributed by atoms with Crippen molar-refractivity contribution in [1.29, 1.82) is 0 Å². The van der Waals surface area contributed by atoms with Crippen molar-refractivity contribution in [3.05, 3.63) is 11.6 Å². The van der Waals surface area contributed by atoms with Crippen LogP contribution in [0.2, 0.25) is 0 Å². The largest absolute Gasteiger partial charge is 0.290 e. The van der Waals surface area contributed by atoms with Gasteiger partial charge in [-0.1, -0.05) is 26.3 Å². The lowest BCUT2D eigenvalue weighted by Crippen LogP contribution is -2.12. The molecule has 0 radical (unpaired) electrons. The van der Waals surface area contributed by atoms with E-state index < -0.39 is 0 Å². The van der Waals surface area contributed by atoms with Crippen molar-refractivity contribution in [2.24, 2.45) is 10.4 Å². The predicted octanol–water partition coefficient (Wildman–Crippen LogP) is 3.85. The maximum Gasteiger partial charge on any atom is 0.0364 e. The molecule has 0 saturated heterocycles. The van der Waals surface area contributed by atoms with Crippen molar-refractivity contribution in [2.45, 2.75) is 48.0 Å². The van der Waals surface area contributed by atoms with E-state index in [1.54, 1.807) is 0 Å². The lowest BCUT2D eigenvalue weighted by Gasteiger charge is -2.23. The van der Waals surface area contributed by atoms with E-state index in [2.05, 4.69) is 52.6 Å². The second kappa shape index (κ2) is 5.21. The van der Waals surface area contributed by atoms with Crippen LogP contribution in [0.15, 0.2) is 16.6 Å². The van der Waals surface area contributed by atoms with Crippen LogP contribution < -0.4 is 0 Å². The van der Waals surface area contributed by atoms with E-state index in [4.69, 9.17) is 0 Å². The number of hydrogen-bond acceptors (Lipinski definition) is 1. The molecule has 0 aromatic heterocycles. The van der Waals surface area contributed by atoms with Crippen molar-refractivity contribution in [1.82, 2.24) is 0 Å². The average Bonchev–Trinajstić information content (AvgIpc) is 2.04. The molecule has 0 rings (SSSR count). The Hall–Kier alpha value is -0.590. The lowest BCUT2D eigenvalue weighted by atomic mass is 9.82. The topological polar surface area (TPSA) is 12.4 Å². The monoisotopic (exact) mass is 181 g/mol. The molecule has 0 aromatic carbocycles. The van der Waals surface area contributed by atoms with Crippen LogP contribution in [0.4, 0.5) is 0 Å². The van der Waals surface area contributed by atoms with Crippen LogP contribution >= 0.6 is 0 Å². The summed E-state index contributed by atoms with van der Waals surface area (Å²) in [6.07, 6.45) is 3.38. The first-order valence-electron chi connectivity index (χ1n) is 5.13. The van der Waals surface area contributed by atoms with Crippen LogP contribution in [-0.2, 0) is 0 Å². The van der Waals surface area contributed by atoms with Gasteiger partial charge in [-0.2, -0.15) is 0 Å². The van der Waals surface area contributed by atoms with Gasteiger partial charge in [-0.3, -0.25) is 4.99 Å². The third kappa shape index (κ3) is 4.25. The standard InChI is InChI=1S/C12H23N/c1-7-12(5,6)10(3)9-11(4)13-8-2/h9H,7-8H2,1-6H3/b10-9+,13-11?. The molecule has 1 heteroatoms. The molecule has 0 N–H and O–H groups in total. The SMILES string of the molecule is CCN=C(C)/C=C(\C)C(C)(C)CC. The highest BCUT2D eigenvalue weighted by Gasteiger charge is 2.16. The highest BCUT2D eigenvalue weighted by atomic mass is 14.7. The van der Waals surface area contributed by atoms with Gasteiger partial charge in [-0.05, 0) is 38.7 Å². The van der Waals surface area contributed by atoms with Gasteiger partial charge in [0, 0.05) is 12.3 Å². The summed E-state index contributed by atoms with van der Waals surface area (Å²) in [7, 11) is 0. The summed E-state index contributed by atoms with van der Waals surface area (Å²) in [6.45, 7) is 14.0. The normalized spacial score (nSPS) is 14.9. The molecule has 1 nitrogen and oxygen atoms in total. The molecule has 0 atom stereocenters. The van der Waals surface area contributed by atoms with Gasteiger partial charge in [-0.25, -0.2) is 0 Å². The van der Waals surface area contributed by atoms with Gasteiger partial charge in [0.1, 0.15) is 0 Å². The zero-order valence-corrected chi connectivity index (χ0v) is 9.94. The number of hydrogen-bond donors (Lipinski definition) is 0. The van der Waals surface area contributed by atoms with Crippen LogP contribution in [0, 0.1) is 5.41 Å². The van der Waals surface area contributed by atoms with Crippen molar-refractivity contribution in [3.8, 4) is 0 Å². The van der Waals surface area contributed by atoms with Crippen LogP contribution in [0.5, 0.6) is 0 Å². The van der Waals surface area contributed by atoms with Crippen molar-refractivity contribution in [2.75, 3.05) is 6.54 Å². The third-order valence-electron chi connectivity index (χ3n) is 2.78. The minimum Gasteiger partial charge on any atom is -0.290 e. The van der Waals surface area contributed by atoms with E-state index in [1.807, 2.05) is 0 Å². The molecule has 76 valence electrons. The summed E-state index contributed by atoms with van der Waals surface area (Å²) in [4.78, 5) is 4.35. The first-order valence-corrected chi connectivity index (χ1v) is 5.13. The Kier molecular flexibility index (Phi) is 4.97. The lowest BCUT2D eigenvalue weighted by molar-refractivity contribution is 0.430. The van der Waals surface area contributed by atoms with E-state index in [9.17, 15) is 0 Å². The molecule has 0 heterocycles. The summed E-state index contributed by atoms with van der Waals surface area (Å²) < 4.78 is 0. The van der Waals surface area contributed by atoms with Gasteiger partial charge in [-0.15, -0.1) is 0 Å². The Labute approximate surface area is 83.0 Å². The number of allylic oxidation sites excluding steroid dienone is 2. The van der Waals surface area contributed by atoms with Gasteiger partial charge in [0.15, 0.2) is 0 Å². The molecule has 0 spiro atoms. The fraction of sp³-hybridized carbons (Fsp3) is 0.750. The maximum atomic E-state index is 4.35. The molecular weight excluding hydrogens is 158 g/mol.